The van der Waals surface area contributed by atoms with Crippen LogP contribution in [-0.2, 0) is 0 Å². The van der Waals surface area contributed by atoms with Gasteiger partial charge in [-0.25, -0.2) is 4.68 Å². The molecule has 1 N–H and O–H groups in total. The topological polar surface area (TPSA) is 69.0 Å². The number of methoxy groups -OCH3 is 1. The number of anilines is 1. The van der Waals surface area contributed by atoms with E-state index in [4.69, 9.17) is 4.74 Å². The average Bonchev–Trinajstić information content (AvgIpc) is 3.15. The van der Waals surface area contributed by atoms with Crippen molar-refractivity contribution in [2.24, 2.45) is 0 Å². The zero-order valence-corrected chi connectivity index (χ0v) is 14.5. The second kappa shape index (κ2) is 6.48. The molecule has 0 aliphatic carbocycles. The summed E-state index contributed by atoms with van der Waals surface area (Å²) in [5.41, 5.74) is 3.02. The highest BCUT2D eigenvalue weighted by Crippen LogP contribution is 2.36. The molecule has 0 saturated heterocycles. The summed E-state index contributed by atoms with van der Waals surface area (Å²) in [6.07, 6.45) is 1.49. The fraction of sp³-hybridized carbons (Fsp3) is 0.150. The molecule has 0 saturated carbocycles. The van der Waals surface area contributed by atoms with Gasteiger partial charge in [0.15, 0.2) is 5.78 Å². The standard InChI is InChI=1S/C20H18N4O2/c1-13-17(19(25)15-6-4-3-5-7-15)18(24-20(23-13)21-12-22-24)14-8-10-16(26-2)11-9-14/h3-12,18H,1-2H3,(H,21,22,23). The number of nitrogens with one attached hydrogen (secondary N) is 1. The van der Waals surface area contributed by atoms with Crippen molar-refractivity contribution in [1.29, 1.82) is 0 Å². The number of allylic oxidation sites excluding steroid dienone is 2. The van der Waals surface area contributed by atoms with Crippen LogP contribution in [0.2, 0.25) is 0 Å². The normalized spacial score (nSPS) is 16.0. The van der Waals surface area contributed by atoms with Crippen molar-refractivity contribution in [3.05, 3.63) is 83.3 Å². The Morgan fingerprint density at radius 2 is 1.85 bits per heavy atom. The van der Waals surface area contributed by atoms with Crippen LogP contribution in [0.25, 0.3) is 0 Å². The Hall–Kier alpha value is -3.41. The maximum Gasteiger partial charge on any atom is 0.226 e. The number of hydrogen-bond acceptors (Lipinski definition) is 5. The lowest BCUT2D eigenvalue weighted by atomic mass is 9.90. The molecule has 6 heteroatoms. The van der Waals surface area contributed by atoms with Gasteiger partial charge in [-0.05, 0) is 24.6 Å². The van der Waals surface area contributed by atoms with E-state index in [0.29, 0.717) is 17.1 Å². The van der Waals surface area contributed by atoms with Crippen LogP contribution in [0.15, 0.2) is 72.2 Å². The van der Waals surface area contributed by atoms with Crippen molar-refractivity contribution in [3.8, 4) is 5.75 Å². The van der Waals surface area contributed by atoms with Crippen molar-refractivity contribution in [1.82, 2.24) is 14.8 Å². The molecule has 1 aliphatic rings. The summed E-state index contributed by atoms with van der Waals surface area (Å²) >= 11 is 0. The van der Waals surface area contributed by atoms with Crippen LogP contribution >= 0.6 is 0 Å². The van der Waals surface area contributed by atoms with Crippen LogP contribution in [0.3, 0.4) is 0 Å². The summed E-state index contributed by atoms with van der Waals surface area (Å²) in [7, 11) is 1.63. The third-order valence-electron chi connectivity index (χ3n) is 4.51. The van der Waals surface area contributed by atoms with Gasteiger partial charge in [0.05, 0.1) is 7.11 Å². The number of carbonyl (C=O) groups excluding carboxylic acids is 1. The summed E-state index contributed by atoms with van der Waals surface area (Å²) in [6.45, 7) is 1.89. The molecule has 0 fully saturated rings. The maximum atomic E-state index is 13.3. The number of fused-ring (bicyclic) bond motifs is 1. The van der Waals surface area contributed by atoms with E-state index in [1.165, 1.54) is 6.33 Å². The van der Waals surface area contributed by atoms with Crippen molar-refractivity contribution < 1.29 is 9.53 Å². The van der Waals surface area contributed by atoms with Crippen molar-refractivity contribution in [2.75, 3.05) is 12.4 Å². The number of rotatable bonds is 4. The second-order valence-electron chi connectivity index (χ2n) is 6.06. The van der Waals surface area contributed by atoms with Gasteiger partial charge in [0.2, 0.25) is 5.95 Å². The third-order valence-corrected chi connectivity index (χ3v) is 4.51. The van der Waals surface area contributed by atoms with Crippen molar-refractivity contribution in [2.45, 2.75) is 13.0 Å². The minimum absolute atomic E-state index is 0.0300. The number of nitrogens with zero attached hydrogens (tertiary/aromatic N) is 3. The Balaban J connectivity index is 1.85. The lowest BCUT2D eigenvalue weighted by Crippen LogP contribution is -2.28. The molecular weight excluding hydrogens is 328 g/mol. The summed E-state index contributed by atoms with van der Waals surface area (Å²) in [5.74, 6) is 1.35. The molecule has 0 amide bonds. The van der Waals surface area contributed by atoms with Crippen LogP contribution in [0.4, 0.5) is 5.95 Å². The number of carbonyl (C=O) groups is 1. The Bertz CT molecular complexity index is 975. The molecule has 2 heterocycles. The Labute approximate surface area is 151 Å². The Morgan fingerprint density at radius 3 is 2.54 bits per heavy atom. The first-order valence-corrected chi connectivity index (χ1v) is 8.30. The van der Waals surface area contributed by atoms with Gasteiger partial charge in [0, 0.05) is 16.8 Å². The molecule has 0 radical (unpaired) electrons. The number of ketones is 1. The lowest BCUT2D eigenvalue weighted by molar-refractivity contribution is 0.102. The zero-order valence-electron chi connectivity index (χ0n) is 14.5. The molecule has 0 bridgehead atoms. The number of ether oxygens (including phenoxy) is 1. The molecule has 6 nitrogen and oxygen atoms in total. The van der Waals surface area contributed by atoms with Gasteiger partial charge >= 0.3 is 0 Å². The molecule has 1 atom stereocenters. The predicted octanol–water partition coefficient (Wildman–Crippen LogP) is 3.46. The van der Waals surface area contributed by atoms with Crippen LogP contribution < -0.4 is 10.1 Å². The van der Waals surface area contributed by atoms with Gasteiger partial charge in [-0.2, -0.15) is 10.1 Å². The summed E-state index contributed by atoms with van der Waals surface area (Å²) in [5, 5.41) is 7.53. The first kappa shape index (κ1) is 16.1. The van der Waals surface area contributed by atoms with Crippen molar-refractivity contribution >= 4 is 11.7 Å². The van der Waals surface area contributed by atoms with E-state index in [1.54, 1.807) is 11.8 Å². The van der Waals surface area contributed by atoms with E-state index in [-0.39, 0.29) is 11.8 Å². The predicted molar refractivity (Wildman–Crippen MR) is 98.3 cm³/mol. The number of Topliss-reactive ketones (excluding diaryl/α,β-unsaturated/α-hetero) is 1. The molecule has 3 aromatic rings. The fourth-order valence-electron chi connectivity index (χ4n) is 3.22. The molecule has 26 heavy (non-hydrogen) atoms. The first-order chi connectivity index (χ1) is 12.7. The highest BCUT2D eigenvalue weighted by Gasteiger charge is 2.33. The lowest BCUT2D eigenvalue weighted by Gasteiger charge is -2.28. The largest absolute Gasteiger partial charge is 0.497 e. The van der Waals surface area contributed by atoms with E-state index in [9.17, 15) is 4.79 Å². The van der Waals surface area contributed by atoms with E-state index < -0.39 is 0 Å². The van der Waals surface area contributed by atoms with Crippen LogP contribution in [-0.4, -0.2) is 27.7 Å². The van der Waals surface area contributed by atoms with Gasteiger partial charge in [-0.1, -0.05) is 42.5 Å². The van der Waals surface area contributed by atoms with Gasteiger partial charge in [-0.15, -0.1) is 0 Å². The summed E-state index contributed by atoms with van der Waals surface area (Å²) in [6, 6.07) is 16.6. The molecular formula is C20H18N4O2. The van der Waals surface area contributed by atoms with Crippen LogP contribution in [0, 0.1) is 0 Å². The van der Waals surface area contributed by atoms with E-state index in [2.05, 4.69) is 15.4 Å². The number of benzene rings is 2. The van der Waals surface area contributed by atoms with Crippen LogP contribution in [0.1, 0.15) is 28.9 Å². The molecule has 1 unspecified atom stereocenters. The minimum Gasteiger partial charge on any atom is -0.497 e. The number of hydrogen-bond donors (Lipinski definition) is 1. The smallest absolute Gasteiger partial charge is 0.226 e. The maximum absolute atomic E-state index is 13.3. The molecule has 0 spiro atoms. The number of aromatic nitrogens is 3. The monoisotopic (exact) mass is 346 g/mol. The minimum atomic E-state index is -0.354. The molecule has 4 rings (SSSR count). The molecule has 1 aliphatic heterocycles. The highest BCUT2D eigenvalue weighted by atomic mass is 16.5. The zero-order chi connectivity index (χ0) is 18.1. The second-order valence-corrected chi connectivity index (χ2v) is 6.06. The first-order valence-electron chi connectivity index (χ1n) is 8.30. The summed E-state index contributed by atoms with van der Waals surface area (Å²) in [4.78, 5) is 17.5. The van der Waals surface area contributed by atoms with Gasteiger partial charge in [-0.3, -0.25) is 4.79 Å². The van der Waals surface area contributed by atoms with Gasteiger partial charge in [0.25, 0.3) is 0 Å². The Kier molecular flexibility index (Phi) is 4.01. The fourth-order valence-corrected chi connectivity index (χ4v) is 3.22. The SMILES string of the molecule is COc1ccc(C2C(C(=O)c3ccccc3)=C(C)Nc3ncnn32)cc1. The Morgan fingerprint density at radius 1 is 1.12 bits per heavy atom. The quantitative estimate of drug-likeness (QED) is 0.733. The average molecular weight is 346 g/mol. The molecule has 1 aromatic heterocycles. The van der Waals surface area contributed by atoms with Crippen molar-refractivity contribution in [3.63, 3.8) is 0 Å². The van der Waals surface area contributed by atoms with E-state index in [1.807, 2.05) is 61.5 Å². The molecule has 2 aromatic carbocycles. The third kappa shape index (κ3) is 2.65. The van der Waals surface area contributed by atoms with Gasteiger partial charge < -0.3 is 10.1 Å². The van der Waals surface area contributed by atoms with E-state index in [0.717, 1.165) is 17.0 Å². The molecule has 130 valence electrons. The van der Waals surface area contributed by atoms with Gasteiger partial charge in [0.1, 0.15) is 18.1 Å². The van der Waals surface area contributed by atoms with Crippen LogP contribution in [0.5, 0.6) is 5.75 Å². The summed E-state index contributed by atoms with van der Waals surface area (Å²) < 4.78 is 6.99. The highest BCUT2D eigenvalue weighted by molar-refractivity contribution is 6.10. The van der Waals surface area contributed by atoms with E-state index >= 15 is 0 Å².